The van der Waals surface area contributed by atoms with Crippen molar-refractivity contribution in [1.82, 2.24) is 5.32 Å². The van der Waals surface area contributed by atoms with E-state index >= 15 is 0 Å². The van der Waals surface area contributed by atoms with E-state index in [4.69, 9.17) is 10.2 Å². The van der Waals surface area contributed by atoms with Crippen LogP contribution in [0.25, 0.3) is 0 Å². The van der Waals surface area contributed by atoms with E-state index in [1.165, 1.54) is 0 Å². The van der Waals surface area contributed by atoms with Gasteiger partial charge >= 0.3 is 12.0 Å². The molecule has 1 aromatic rings. The molecule has 1 rings (SSSR count). The molecule has 2 amide bonds. The van der Waals surface area contributed by atoms with Crippen LogP contribution in [-0.2, 0) is 4.79 Å². The number of aliphatic hydroxyl groups is 1. The maximum atomic E-state index is 11.4. The Bertz CT molecular complexity index is 467. The molecule has 4 N–H and O–H groups in total. The number of aliphatic hydroxyl groups excluding tert-OH is 1. The summed E-state index contributed by atoms with van der Waals surface area (Å²) >= 11 is 6.51. The van der Waals surface area contributed by atoms with Gasteiger partial charge in [0.05, 0.1) is 12.2 Å². The lowest BCUT2D eigenvalue weighted by molar-refractivity contribution is -0.146. The Labute approximate surface area is 120 Å². The minimum atomic E-state index is -1.62. The van der Waals surface area contributed by atoms with Crippen molar-refractivity contribution in [3.63, 3.8) is 0 Å². The van der Waals surface area contributed by atoms with Gasteiger partial charge in [-0.05, 0) is 34.1 Å². The Hall–Kier alpha value is -1.12. The molecule has 1 aromatic carbocycles. The predicted molar refractivity (Wildman–Crippen MR) is 72.5 cm³/mol. The molecular formula is C10H10Br2N2O4. The average Bonchev–Trinajstić information content (AvgIpc) is 2.30. The lowest BCUT2D eigenvalue weighted by atomic mass is 10.3. The van der Waals surface area contributed by atoms with Gasteiger partial charge in [-0.1, -0.05) is 15.9 Å². The highest BCUT2D eigenvalue weighted by Gasteiger charge is 2.14. The summed E-state index contributed by atoms with van der Waals surface area (Å²) in [4.78, 5) is 21.8. The first-order chi connectivity index (χ1) is 8.40. The molecule has 0 aliphatic carbocycles. The Morgan fingerprint density at radius 3 is 2.61 bits per heavy atom. The number of carboxylic acid groups (broad SMARTS) is 1. The molecule has 6 nitrogen and oxygen atoms in total. The number of rotatable bonds is 4. The van der Waals surface area contributed by atoms with Gasteiger partial charge in [0.25, 0.3) is 0 Å². The van der Waals surface area contributed by atoms with Crippen LogP contribution in [0.3, 0.4) is 0 Å². The van der Waals surface area contributed by atoms with Crippen LogP contribution in [0.4, 0.5) is 10.5 Å². The van der Waals surface area contributed by atoms with E-state index in [1.807, 2.05) is 0 Å². The molecule has 0 heterocycles. The second-order valence-electron chi connectivity index (χ2n) is 3.31. The fourth-order valence-electron chi connectivity index (χ4n) is 1.04. The molecule has 0 aliphatic rings. The molecule has 1 unspecified atom stereocenters. The smallest absolute Gasteiger partial charge is 0.334 e. The summed E-state index contributed by atoms with van der Waals surface area (Å²) in [5.74, 6) is -1.39. The van der Waals surface area contributed by atoms with E-state index in [0.29, 0.717) is 10.2 Å². The Morgan fingerprint density at radius 2 is 2.00 bits per heavy atom. The van der Waals surface area contributed by atoms with Crippen LogP contribution in [0, 0.1) is 0 Å². The Morgan fingerprint density at radius 1 is 1.33 bits per heavy atom. The van der Waals surface area contributed by atoms with Crippen LogP contribution < -0.4 is 10.6 Å². The topological polar surface area (TPSA) is 98.7 Å². The van der Waals surface area contributed by atoms with Gasteiger partial charge < -0.3 is 20.8 Å². The lowest BCUT2D eigenvalue weighted by Gasteiger charge is -2.10. The van der Waals surface area contributed by atoms with Crippen LogP contribution >= 0.6 is 31.9 Å². The number of urea groups is 1. The van der Waals surface area contributed by atoms with Crippen molar-refractivity contribution in [2.24, 2.45) is 0 Å². The Kier molecular flexibility index (Phi) is 5.57. The fraction of sp³-hybridized carbons (Fsp3) is 0.200. The summed E-state index contributed by atoms with van der Waals surface area (Å²) in [5.41, 5.74) is 0.520. The molecular weight excluding hydrogens is 372 g/mol. The zero-order valence-electron chi connectivity index (χ0n) is 8.98. The van der Waals surface area contributed by atoms with E-state index in [0.717, 1.165) is 4.47 Å². The summed E-state index contributed by atoms with van der Waals surface area (Å²) < 4.78 is 1.46. The number of hydrogen-bond acceptors (Lipinski definition) is 3. The van der Waals surface area contributed by atoms with Gasteiger partial charge in [0.2, 0.25) is 0 Å². The number of benzene rings is 1. The summed E-state index contributed by atoms with van der Waals surface area (Å²) in [6.45, 7) is -0.368. The van der Waals surface area contributed by atoms with Crippen molar-refractivity contribution >= 4 is 49.5 Å². The van der Waals surface area contributed by atoms with Crippen molar-refractivity contribution in [3.8, 4) is 0 Å². The Balaban J connectivity index is 2.54. The van der Waals surface area contributed by atoms with Crippen LogP contribution in [-0.4, -0.2) is 34.9 Å². The van der Waals surface area contributed by atoms with E-state index in [1.54, 1.807) is 18.2 Å². The second-order valence-corrected chi connectivity index (χ2v) is 5.08. The van der Waals surface area contributed by atoms with Crippen LogP contribution in [0.5, 0.6) is 0 Å². The first kappa shape index (κ1) is 14.9. The molecule has 0 saturated heterocycles. The van der Waals surface area contributed by atoms with Gasteiger partial charge in [0.1, 0.15) is 0 Å². The molecule has 1 atom stereocenters. The zero-order valence-corrected chi connectivity index (χ0v) is 12.2. The quantitative estimate of drug-likeness (QED) is 0.638. The van der Waals surface area contributed by atoms with E-state index in [2.05, 4.69) is 42.5 Å². The lowest BCUT2D eigenvalue weighted by Crippen LogP contribution is -2.38. The van der Waals surface area contributed by atoms with Crippen molar-refractivity contribution in [2.45, 2.75) is 6.10 Å². The van der Waals surface area contributed by atoms with Gasteiger partial charge in [-0.3, -0.25) is 0 Å². The van der Waals surface area contributed by atoms with E-state index in [-0.39, 0.29) is 6.54 Å². The van der Waals surface area contributed by atoms with Gasteiger partial charge in [-0.15, -0.1) is 0 Å². The third-order valence-corrected chi connectivity index (χ3v) is 3.10. The number of amides is 2. The van der Waals surface area contributed by atoms with Crippen LogP contribution in [0.1, 0.15) is 0 Å². The van der Waals surface area contributed by atoms with Gasteiger partial charge in [0.15, 0.2) is 6.10 Å². The molecule has 98 valence electrons. The average molecular weight is 382 g/mol. The summed E-state index contributed by atoms with van der Waals surface area (Å²) in [5, 5.41) is 22.2. The van der Waals surface area contributed by atoms with Crippen LogP contribution in [0.2, 0.25) is 0 Å². The normalized spacial score (nSPS) is 11.7. The van der Waals surface area contributed by atoms with E-state index in [9.17, 15) is 9.59 Å². The first-order valence-corrected chi connectivity index (χ1v) is 6.39. The van der Waals surface area contributed by atoms with Crippen LogP contribution in [0.15, 0.2) is 27.1 Å². The molecule has 0 fully saturated rings. The predicted octanol–water partition coefficient (Wildman–Crippen LogP) is 1.78. The number of halogens is 2. The third kappa shape index (κ3) is 4.63. The van der Waals surface area contributed by atoms with Crippen molar-refractivity contribution in [1.29, 1.82) is 0 Å². The summed E-state index contributed by atoms with van der Waals surface area (Å²) in [7, 11) is 0. The summed E-state index contributed by atoms with van der Waals surface area (Å²) in [6.07, 6.45) is -1.62. The first-order valence-electron chi connectivity index (χ1n) is 4.81. The molecule has 18 heavy (non-hydrogen) atoms. The monoisotopic (exact) mass is 380 g/mol. The summed E-state index contributed by atoms with van der Waals surface area (Å²) in [6, 6.07) is 4.61. The molecule has 0 aliphatic heterocycles. The molecule has 8 heteroatoms. The third-order valence-electron chi connectivity index (χ3n) is 1.92. The number of anilines is 1. The van der Waals surface area contributed by atoms with Gasteiger partial charge in [-0.2, -0.15) is 0 Å². The minimum absolute atomic E-state index is 0.368. The van der Waals surface area contributed by atoms with Gasteiger partial charge in [0, 0.05) is 8.95 Å². The fourth-order valence-corrected chi connectivity index (χ4v) is 1.74. The number of nitrogens with one attached hydrogen (secondary N) is 2. The highest BCUT2D eigenvalue weighted by atomic mass is 79.9. The largest absolute Gasteiger partial charge is 0.479 e. The number of hydrogen-bond donors (Lipinski definition) is 4. The molecule has 0 aromatic heterocycles. The highest BCUT2D eigenvalue weighted by Crippen LogP contribution is 2.25. The number of carbonyl (C=O) groups excluding carboxylic acids is 1. The zero-order chi connectivity index (χ0) is 13.7. The molecule has 0 radical (unpaired) electrons. The second kappa shape index (κ2) is 6.72. The number of aliphatic carboxylic acids is 1. The maximum Gasteiger partial charge on any atom is 0.334 e. The van der Waals surface area contributed by atoms with Crippen molar-refractivity contribution in [3.05, 3.63) is 27.1 Å². The number of carboxylic acids is 1. The van der Waals surface area contributed by atoms with Crippen molar-refractivity contribution < 1.29 is 19.8 Å². The molecule has 0 saturated carbocycles. The standard InChI is InChI=1S/C10H10Br2N2O4/c11-5-1-2-6(12)7(3-5)14-10(18)13-4-8(15)9(16)17/h1-3,8,15H,4H2,(H,16,17)(H2,13,14,18). The minimum Gasteiger partial charge on any atom is -0.479 e. The van der Waals surface area contributed by atoms with Crippen molar-refractivity contribution in [2.75, 3.05) is 11.9 Å². The van der Waals surface area contributed by atoms with Gasteiger partial charge in [-0.25, -0.2) is 9.59 Å². The molecule has 0 bridgehead atoms. The highest BCUT2D eigenvalue weighted by molar-refractivity contribution is 9.11. The van der Waals surface area contributed by atoms with E-state index < -0.39 is 18.1 Å². The molecule has 0 spiro atoms. The maximum absolute atomic E-state index is 11.4. The SMILES string of the molecule is O=C(NCC(O)C(=O)O)Nc1cc(Br)ccc1Br. The number of carbonyl (C=O) groups is 2.